The van der Waals surface area contributed by atoms with Crippen molar-refractivity contribution in [3.05, 3.63) is 12.2 Å². The van der Waals surface area contributed by atoms with Gasteiger partial charge >= 0.3 is 6.03 Å². The number of thioether (sulfide) groups is 1. The van der Waals surface area contributed by atoms with Gasteiger partial charge in [0.1, 0.15) is 54.4 Å². The Morgan fingerprint density at radius 2 is 1.04 bits per heavy atom. The Labute approximate surface area is 560 Å². The standard InChI is InChI=1S/C67H120N12O13S/c1-24-27-29-45(15)55(80)54-59(84)69-47(26-3)60(85)78(23)66(93-35-28-30-79-31-33-92-34-32-79)65(90)76(21)53(44(14)25-2)58(83)70-51(42(10)11)63(88)72(17)48(36-39(4)5)57(82)68-46(16)56(81)71-67(91)74(19)50(38-41(8)9)61(86)73(18)49(37-40(6)7)62(87)75(20)52(43(12)13)64(89)77(54)22/h24,27,39-55,66,80H,25-26,28-38H2,1-23H3,(H,68,82)(H,69,84)(H,70,83)(H,71,81,91)/b27-24+/t44?,45-,46-,47+,48-,49+,50+,51-,52+,53+,54+,55-,66-/m1/s1. The molecule has 0 radical (unpaired) electrons. The molecule has 0 saturated carbocycles. The van der Waals surface area contributed by atoms with Gasteiger partial charge in [-0.3, -0.25) is 58.2 Å². The van der Waals surface area contributed by atoms with Crippen molar-refractivity contribution in [2.75, 3.05) is 87.9 Å². The van der Waals surface area contributed by atoms with Crippen LogP contribution < -0.4 is 21.3 Å². The number of urea groups is 1. The zero-order valence-corrected chi connectivity index (χ0v) is 61.4. The van der Waals surface area contributed by atoms with E-state index in [0.717, 1.165) is 22.9 Å². The van der Waals surface area contributed by atoms with Gasteiger partial charge in [-0.2, -0.15) is 0 Å². The number of imide groups is 1. The first-order valence-electron chi connectivity index (χ1n) is 33.6. The smallest absolute Gasteiger partial charge is 0.324 e. The molecule has 26 heteroatoms. The predicted octanol–water partition coefficient (Wildman–Crippen LogP) is 4.26. The van der Waals surface area contributed by atoms with Crippen LogP contribution in [0.25, 0.3) is 0 Å². The second-order valence-electron chi connectivity index (χ2n) is 27.7. The third-order valence-corrected chi connectivity index (χ3v) is 19.4. The van der Waals surface area contributed by atoms with Crippen molar-refractivity contribution in [2.24, 2.45) is 41.4 Å². The number of likely N-dealkylation sites (N-methyl/N-ethyl adjacent to an activating group) is 7. The van der Waals surface area contributed by atoms with Gasteiger partial charge in [-0.05, 0) is 106 Å². The van der Waals surface area contributed by atoms with Crippen LogP contribution in [0.5, 0.6) is 0 Å². The Balaban J connectivity index is 3.09. The summed E-state index contributed by atoms with van der Waals surface area (Å²) in [5, 5.41) is 21.8. The van der Waals surface area contributed by atoms with Gasteiger partial charge in [-0.15, -0.1) is 11.8 Å². The van der Waals surface area contributed by atoms with E-state index >= 15 is 28.8 Å². The molecule has 93 heavy (non-hydrogen) atoms. The van der Waals surface area contributed by atoms with Crippen molar-refractivity contribution in [3.8, 4) is 0 Å². The number of nitrogens with zero attached hydrogens (tertiary/aromatic N) is 8. The van der Waals surface area contributed by atoms with Crippen LogP contribution in [0.2, 0.25) is 0 Å². The molecule has 25 nitrogen and oxygen atoms in total. The molecule has 0 bridgehead atoms. The van der Waals surface area contributed by atoms with Crippen molar-refractivity contribution in [1.29, 1.82) is 0 Å². The molecular formula is C67H120N12O13S. The van der Waals surface area contributed by atoms with Gasteiger partial charge in [0.2, 0.25) is 53.2 Å². The molecule has 2 fully saturated rings. The van der Waals surface area contributed by atoms with Crippen LogP contribution in [0.3, 0.4) is 0 Å². The van der Waals surface area contributed by atoms with E-state index < -0.39 is 155 Å². The highest BCUT2D eigenvalue weighted by molar-refractivity contribution is 8.00. The average Bonchev–Trinajstić information content (AvgIpc) is 0.827. The van der Waals surface area contributed by atoms with Gasteiger partial charge in [0.05, 0.1) is 19.3 Å². The number of aliphatic hydroxyl groups is 1. The highest BCUT2D eigenvalue weighted by Gasteiger charge is 2.47. The number of ether oxygens (including phenoxy) is 1. The normalized spacial score (nSPS) is 27.0. The minimum absolute atomic E-state index is 0.00356. The van der Waals surface area contributed by atoms with Gasteiger partial charge in [-0.1, -0.05) is 116 Å². The van der Waals surface area contributed by atoms with E-state index in [1.54, 1.807) is 54.5 Å². The fourth-order valence-corrected chi connectivity index (χ4v) is 13.1. The van der Waals surface area contributed by atoms with E-state index in [9.17, 15) is 29.1 Å². The number of rotatable bonds is 20. The molecule has 0 spiro atoms. The monoisotopic (exact) mass is 1330 g/mol. The largest absolute Gasteiger partial charge is 0.390 e. The second kappa shape index (κ2) is 39.2. The Kier molecular flexibility index (Phi) is 35.1. The first kappa shape index (κ1) is 83.2. The molecule has 0 aromatic heterocycles. The lowest BCUT2D eigenvalue weighted by Crippen LogP contribution is -2.64. The van der Waals surface area contributed by atoms with Crippen LogP contribution in [-0.4, -0.2) is 263 Å². The Morgan fingerprint density at radius 1 is 0.548 bits per heavy atom. The lowest BCUT2D eigenvalue weighted by Gasteiger charge is -2.41. The molecule has 2 heterocycles. The van der Waals surface area contributed by atoms with Crippen molar-refractivity contribution in [2.45, 2.75) is 222 Å². The summed E-state index contributed by atoms with van der Waals surface area (Å²) in [6, 6.07) is -12.6. The van der Waals surface area contributed by atoms with Gasteiger partial charge in [0, 0.05) is 62.4 Å². The van der Waals surface area contributed by atoms with Crippen LogP contribution >= 0.6 is 11.8 Å². The minimum atomic E-state index is -1.64. The van der Waals surface area contributed by atoms with Crippen molar-refractivity contribution in [3.63, 3.8) is 0 Å². The maximum atomic E-state index is 15.4. The predicted molar refractivity (Wildman–Crippen MR) is 363 cm³/mol. The van der Waals surface area contributed by atoms with Crippen LogP contribution in [0.4, 0.5) is 4.79 Å². The molecule has 0 aromatic carbocycles. The summed E-state index contributed by atoms with van der Waals surface area (Å²) in [5.74, 6) is -9.55. The highest BCUT2D eigenvalue weighted by Crippen LogP contribution is 2.28. The topological polar surface area (TPSA) is 291 Å². The summed E-state index contributed by atoms with van der Waals surface area (Å²) >= 11 is 1.20. The zero-order chi connectivity index (χ0) is 71.2. The molecule has 2 saturated heterocycles. The van der Waals surface area contributed by atoms with Crippen molar-refractivity contribution >= 4 is 76.9 Å². The molecule has 532 valence electrons. The maximum Gasteiger partial charge on any atom is 0.324 e. The fraction of sp³-hybridized carbons (Fsp3) is 0.806. The molecule has 0 aliphatic carbocycles. The lowest BCUT2D eigenvalue weighted by atomic mass is 9.91. The fourth-order valence-electron chi connectivity index (χ4n) is 11.9. The molecule has 12 amide bonds. The number of carbonyl (C=O) groups excluding carboxylic acids is 11. The number of aliphatic hydroxyl groups excluding tert-OH is 1. The number of hydrogen-bond donors (Lipinski definition) is 5. The van der Waals surface area contributed by atoms with Crippen LogP contribution in [0, 0.1) is 41.4 Å². The number of morpholine rings is 1. The third-order valence-electron chi connectivity index (χ3n) is 18.1. The van der Waals surface area contributed by atoms with Gasteiger partial charge < -0.3 is 60.1 Å². The van der Waals surface area contributed by atoms with E-state index in [2.05, 4.69) is 26.2 Å². The maximum absolute atomic E-state index is 15.4. The number of carbonyl (C=O) groups is 11. The molecule has 5 N–H and O–H groups in total. The Hall–Kier alpha value is -5.86. The molecule has 13 atom stereocenters. The van der Waals surface area contributed by atoms with Crippen LogP contribution in [0.1, 0.15) is 156 Å². The minimum Gasteiger partial charge on any atom is -0.390 e. The molecule has 0 aromatic rings. The summed E-state index contributed by atoms with van der Waals surface area (Å²) in [4.78, 5) is 174. The first-order valence-corrected chi connectivity index (χ1v) is 34.7. The SMILES string of the molecule is C/C=C/C[C@@H](C)[C@@H](O)[C@H]1C(=O)N[C@@H](CC)C(=O)N(C)[C@H](SCCCN2CCOCC2)C(=O)N(C)[C@@H](C(C)CC)C(=O)N[C@H](C(C)C)C(=O)N(C)[C@H](CC(C)C)C(=O)N[C@H](C)C(=O)NC(=O)N(C)[C@@H](CC(C)C)C(=O)N(C)[C@@H](CC(C)C)C(=O)N(C)[C@@H](C(C)C)C(=O)N1C. The zero-order valence-electron chi connectivity index (χ0n) is 60.6. The molecule has 1 unspecified atom stereocenters. The third kappa shape index (κ3) is 23.5. The summed E-state index contributed by atoms with van der Waals surface area (Å²) in [6.45, 7) is 31.6. The van der Waals surface area contributed by atoms with Crippen molar-refractivity contribution in [1.82, 2.24) is 60.5 Å². The molecular weight excluding hydrogens is 1210 g/mol. The lowest BCUT2D eigenvalue weighted by molar-refractivity contribution is -0.156. The number of nitrogens with one attached hydrogen (secondary N) is 4. The molecule has 2 aliphatic rings. The summed E-state index contributed by atoms with van der Waals surface area (Å²) in [7, 11) is 9.94. The van der Waals surface area contributed by atoms with E-state index in [0.29, 0.717) is 44.8 Å². The molecule has 2 rings (SSSR count). The van der Waals surface area contributed by atoms with Crippen LogP contribution in [0.15, 0.2) is 12.2 Å². The number of hydrogen-bond acceptors (Lipinski definition) is 15. The second-order valence-corrected chi connectivity index (χ2v) is 28.9. The number of allylic oxidation sites excluding steroid dienone is 2. The quantitative estimate of drug-likeness (QED) is 0.0841. The van der Waals surface area contributed by atoms with E-state index in [1.807, 2.05) is 61.5 Å². The Bertz CT molecular complexity index is 2530. The van der Waals surface area contributed by atoms with E-state index in [4.69, 9.17) is 4.74 Å². The highest BCUT2D eigenvalue weighted by atomic mass is 32.2. The Morgan fingerprint density at radius 3 is 1.55 bits per heavy atom. The van der Waals surface area contributed by atoms with Gasteiger partial charge in [-0.25, -0.2) is 4.79 Å². The molecule has 2 aliphatic heterocycles. The first-order chi connectivity index (χ1) is 43.3. The van der Waals surface area contributed by atoms with Crippen LogP contribution in [-0.2, 0) is 52.7 Å². The van der Waals surface area contributed by atoms with Gasteiger partial charge in [0.15, 0.2) is 5.37 Å². The number of amides is 12. The van der Waals surface area contributed by atoms with Gasteiger partial charge in [0.25, 0.3) is 5.91 Å². The van der Waals surface area contributed by atoms with E-state index in [-0.39, 0.29) is 43.4 Å². The summed E-state index contributed by atoms with van der Waals surface area (Å²) in [5.41, 5.74) is 0. The van der Waals surface area contributed by atoms with Crippen molar-refractivity contribution < 1.29 is 62.6 Å². The van der Waals surface area contributed by atoms with E-state index in [1.165, 1.54) is 92.5 Å². The summed E-state index contributed by atoms with van der Waals surface area (Å²) in [6.07, 6.45) is 3.75. The average molecular weight is 1330 g/mol. The summed E-state index contributed by atoms with van der Waals surface area (Å²) < 4.78 is 5.55.